The SMILES string of the molecule is CCCN(CCO)C(=O)c1ccnc(-n2cncn2)c1. The molecule has 0 fully saturated rings. The van der Waals surface area contributed by atoms with E-state index in [1.165, 1.54) is 17.3 Å². The van der Waals surface area contributed by atoms with E-state index < -0.39 is 0 Å². The van der Waals surface area contributed by atoms with Crippen LogP contribution in [0.1, 0.15) is 23.7 Å². The van der Waals surface area contributed by atoms with Crippen molar-refractivity contribution in [3.05, 3.63) is 36.5 Å². The molecule has 7 nitrogen and oxygen atoms in total. The summed E-state index contributed by atoms with van der Waals surface area (Å²) in [6, 6.07) is 3.32. The van der Waals surface area contributed by atoms with E-state index in [0.29, 0.717) is 24.5 Å². The number of aliphatic hydroxyl groups is 1. The number of hydrogen-bond donors (Lipinski definition) is 1. The zero-order valence-corrected chi connectivity index (χ0v) is 11.3. The third-order valence-corrected chi connectivity index (χ3v) is 2.80. The number of amides is 1. The van der Waals surface area contributed by atoms with Crippen LogP contribution in [0.25, 0.3) is 5.82 Å². The van der Waals surface area contributed by atoms with Crippen LogP contribution >= 0.6 is 0 Å². The molecule has 0 spiro atoms. The molecule has 0 saturated heterocycles. The third-order valence-electron chi connectivity index (χ3n) is 2.80. The average molecular weight is 275 g/mol. The molecule has 0 atom stereocenters. The average Bonchev–Trinajstić information content (AvgIpc) is 3.01. The molecule has 0 unspecified atom stereocenters. The minimum atomic E-state index is -0.121. The zero-order chi connectivity index (χ0) is 14.4. The van der Waals surface area contributed by atoms with Gasteiger partial charge in [0.1, 0.15) is 12.7 Å². The fraction of sp³-hybridized carbons (Fsp3) is 0.385. The van der Waals surface area contributed by atoms with Crippen LogP contribution < -0.4 is 0 Å². The first kappa shape index (κ1) is 14.1. The van der Waals surface area contributed by atoms with Crippen molar-refractivity contribution >= 4 is 5.91 Å². The van der Waals surface area contributed by atoms with Gasteiger partial charge in [0, 0.05) is 24.8 Å². The summed E-state index contributed by atoms with van der Waals surface area (Å²) in [5.74, 6) is 0.415. The Hall–Kier alpha value is -2.28. The Kier molecular flexibility index (Phi) is 4.78. The molecule has 106 valence electrons. The van der Waals surface area contributed by atoms with Crippen LogP contribution in [0, 0.1) is 0 Å². The van der Waals surface area contributed by atoms with Crippen molar-refractivity contribution in [2.45, 2.75) is 13.3 Å². The van der Waals surface area contributed by atoms with Gasteiger partial charge in [-0.2, -0.15) is 5.10 Å². The summed E-state index contributed by atoms with van der Waals surface area (Å²) in [5.41, 5.74) is 0.521. The smallest absolute Gasteiger partial charge is 0.254 e. The highest BCUT2D eigenvalue weighted by molar-refractivity contribution is 5.94. The van der Waals surface area contributed by atoms with Crippen molar-refractivity contribution in [3.63, 3.8) is 0 Å². The lowest BCUT2D eigenvalue weighted by Crippen LogP contribution is -2.34. The summed E-state index contributed by atoms with van der Waals surface area (Å²) >= 11 is 0. The number of aliphatic hydroxyl groups excluding tert-OH is 1. The van der Waals surface area contributed by atoms with E-state index in [0.717, 1.165) is 6.42 Å². The van der Waals surface area contributed by atoms with Gasteiger partial charge < -0.3 is 10.0 Å². The molecule has 2 aromatic rings. The number of rotatable bonds is 6. The molecular weight excluding hydrogens is 258 g/mol. The van der Waals surface area contributed by atoms with Crippen LogP contribution in [0.2, 0.25) is 0 Å². The normalized spacial score (nSPS) is 10.5. The summed E-state index contributed by atoms with van der Waals surface area (Å²) in [6.07, 6.45) is 5.33. The Balaban J connectivity index is 2.23. The standard InChI is InChI=1S/C13H17N5O2/c1-2-5-17(6-7-19)13(20)11-3-4-15-12(8-11)18-10-14-9-16-18/h3-4,8-10,19H,2,5-7H2,1H3. The fourth-order valence-electron chi connectivity index (χ4n) is 1.89. The topological polar surface area (TPSA) is 84.1 Å². The zero-order valence-electron chi connectivity index (χ0n) is 11.3. The molecule has 0 saturated carbocycles. The molecule has 0 aliphatic carbocycles. The third kappa shape index (κ3) is 3.18. The molecule has 2 rings (SSSR count). The maximum Gasteiger partial charge on any atom is 0.254 e. The van der Waals surface area contributed by atoms with E-state index in [4.69, 9.17) is 5.11 Å². The number of pyridine rings is 1. The van der Waals surface area contributed by atoms with Gasteiger partial charge in [0.25, 0.3) is 5.91 Å². The van der Waals surface area contributed by atoms with Crippen LogP contribution in [-0.4, -0.2) is 55.4 Å². The van der Waals surface area contributed by atoms with E-state index in [9.17, 15) is 4.79 Å². The number of carbonyl (C=O) groups is 1. The van der Waals surface area contributed by atoms with Crippen LogP contribution in [0.15, 0.2) is 31.0 Å². The van der Waals surface area contributed by atoms with Gasteiger partial charge in [-0.05, 0) is 18.6 Å². The monoisotopic (exact) mass is 275 g/mol. The van der Waals surface area contributed by atoms with Crippen molar-refractivity contribution in [2.24, 2.45) is 0 Å². The number of nitrogens with zero attached hydrogens (tertiary/aromatic N) is 5. The van der Waals surface area contributed by atoms with Crippen molar-refractivity contribution in [1.29, 1.82) is 0 Å². The number of aromatic nitrogens is 4. The van der Waals surface area contributed by atoms with E-state index in [-0.39, 0.29) is 12.5 Å². The lowest BCUT2D eigenvalue weighted by atomic mass is 10.2. The van der Waals surface area contributed by atoms with Crippen LogP contribution in [-0.2, 0) is 0 Å². The predicted molar refractivity (Wildman–Crippen MR) is 72.4 cm³/mol. The highest BCUT2D eigenvalue weighted by Gasteiger charge is 2.15. The molecular formula is C13H17N5O2. The second kappa shape index (κ2) is 6.76. The molecule has 0 aliphatic heterocycles. The van der Waals surface area contributed by atoms with Crippen molar-refractivity contribution < 1.29 is 9.90 Å². The Morgan fingerprint density at radius 1 is 1.45 bits per heavy atom. The Bertz CT molecular complexity index is 550. The maximum atomic E-state index is 12.4. The second-order valence-electron chi connectivity index (χ2n) is 4.26. The molecule has 7 heteroatoms. The predicted octanol–water partition coefficient (Wildman–Crippen LogP) is 0.507. The van der Waals surface area contributed by atoms with E-state index in [1.54, 1.807) is 23.2 Å². The Morgan fingerprint density at radius 2 is 2.30 bits per heavy atom. The van der Waals surface area contributed by atoms with Gasteiger partial charge in [0.2, 0.25) is 0 Å². The van der Waals surface area contributed by atoms with Gasteiger partial charge in [-0.25, -0.2) is 14.6 Å². The summed E-state index contributed by atoms with van der Waals surface area (Å²) < 4.78 is 1.49. The van der Waals surface area contributed by atoms with Gasteiger partial charge in [0.05, 0.1) is 6.61 Å². The van der Waals surface area contributed by atoms with Crippen molar-refractivity contribution in [1.82, 2.24) is 24.6 Å². The molecule has 20 heavy (non-hydrogen) atoms. The van der Waals surface area contributed by atoms with E-state index in [1.807, 2.05) is 6.92 Å². The van der Waals surface area contributed by atoms with Gasteiger partial charge in [-0.1, -0.05) is 6.92 Å². The van der Waals surface area contributed by atoms with Gasteiger partial charge in [-0.15, -0.1) is 0 Å². The van der Waals surface area contributed by atoms with E-state index in [2.05, 4.69) is 15.1 Å². The van der Waals surface area contributed by atoms with E-state index >= 15 is 0 Å². The van der Waals surface area contributed by atoms with Crippen LogP contribution in [0.4, 0.5) is 0 Å². The molecule has 0 bridgehead atoms. The fourth-order valence-corrected chi connectivity index (χ4v) is 1.89. The first-order valence-corrected chi connectivity index (χ1v) is 6.47. The molecule has 1 amide bonds. The summed E-state index contributed by atoms with van der Waals surface area (Å²) in [7, 11) is 0. The highest BCUT2D eigenvalue weighted by Crippen LogP contribution is 2.09. The first-order valence-electron chi connectivity index (χ1n) is 6.47. The molecule has 0 radical (unpaired) electrons. The molecule has 2 heterocycles. The Morgan fingerprint density at radius 3 is 2.95 bits per heavy atom. The lowest BCUT2D eigenvalue weighted by molar-refractivity contribution is 0.0722. The van der Waals surface area contributed by atoms with Crippen molar-refractivity contribution in [2.75, 3.05) is 19.7 Å². The minimum Gasteiger partial charge on any atom is -0.395 e. The lowest BCUT2D eigenvalue weighted by Gasteiger charge is -2.21. The van der Waals surface area contributed by atoms with Crippen molar-refractivity contribution in [3.8, 4) is 5.82 Å². The molecule has 0 aromatic carbocycles. The first-order chi connectivity index (χ1) is 9.76. The molecule has 2 aromatic heterocycles. The highest BCUT2D eigenvalue weighted by atomic mass is 16.3. The quantitative estimate of drug-likeness (QED) is 0.830. The number of carbonyl (C=O) groups excluding carboxylic acids is 1. The molecule has 0 aliphatic rings. The summed E-state index contributed by atoms with van der Waals surface area (Å²) in [5, 5.41) is 13.0. The minimum absolute atomic E-state index is 0.0489. The van der Waals surface area contributed by atoms with Crippen LogP contribution in [0.5, 0.6) is 0 Å². The summed E-state index contributed by atoms with van der Waals surface area (Å²) in [4.78, 5) is 22.0. The van der Waals surface area contributed by atoms with Gasteiger partial charge >= 0.3 is 0 Å². The maximum absolute atomic E-state index is 12.4. The van der Waals surface area contributed by atoms with Crippen LogP contribution in [0.3, 0.4) is 0 Å². The Labute approximate surface area is 116 Å². The number of hydrogen-bond acceptors (Lipinski definition) is 5. The molecule has 1 N–H and O–H groups in total. The van der Waals surface area contributed by atoms with Gasteiger partial charge in [0.15, 0.2) is 5.82 Å². The largest absolute Gasteiger partial charge is 0.395 e. The van der Waals surface area contributed by atoms with Gasteiger partial charge in [-0.3, -0.25) is 4.79 Å². The second-order valence-corrected chi connectivity index (χ2v) is 4.26. The summed E-state index contributed by atoms with van der Waals surface area (Å²) in [6.45, 7) is 2.88.